The van der Waals surface area contributed by atoms with Crippen molar-refractivity contribution in [3.63, 3.8) is 0 Å². The zero-order valence-corrected chi connectivity index (χ0v) is 20.8. The van der Waals surface area contributed by atoms with Gasteiger partial charge in [0.25, 0.3) is 0 Å². The maximum absolute atomic E-state index is 13.1. The Kier molecular flexibility index (Phi) is 7.56. The van der Waals surface area contributed by atoms with Gasteiger partial charge in [-0.1, -0.05) is 84.4 Å². The lowest BCUT2D eigenvalue weighted by atomic mass is 10.1. The van der Waals surface area contributed by atoms with Crippen LogP contribution in [0, 0.1) is 6.92 Å². The maximum Gasteiger partial charge on any atom is 0.323 e. The van der Waals surface area contributed by atoms with Gasteiger partial charge >= 0.3 is 12.2 Å². The first-order valence-electron chi connectivity index (χ1n) is 12.1. The standard InChI is InChI=1S/C31H26N4O3/c1-23-17-19-24(20-18-23)29-25(22-35(34-29)26-11-5-2-6-12-26)21-32-33-30(36)31(37-27-13-7-3-8-14-27)38-28-15-9-4-10-16-28/h2-22,31H,1H3,(H,33,36). The van der Waals surface area contributed by atoms with Crippen molar-refractivity contribution < 1.29 is 14.3 Å². The highest BCUT2D eigenvalue weighted by atomic mass is 16.7. The highest BCUT2D eigenvalue weighted by molar-refractivity contribution is 5.90. The molecule has 0 unspecified atom stereocenters. The molecule has 1 heterocycles. The summed E-state index contributed by atoms with van der Waals surface area (Å²) in [5.74, 6) is 0.443. The Morgan fingerprint density at radius 3 is 1.95 bits per heavy atom. The van der Waals surface area contributed by atoms with Crippen molar-refractivity contribution in [3.05, 3.63) is 133 Å². The van der Waals surface area contributed by atoms with Gasteiger partial charge in [0.1, 0.15) is 17.2 Å². The third-order valence-electron chi connectivity index (χ3n) is 5.65. The van der Waals surface area contributed by atoms with Gasteiger partial charge in [-0.05, 0) is 43.3 Å². The fraction of sp³-hybridized carbons (Fsp3) is 0.0645. The van der Waals surface area contributed by atoms with Gasteiger partial charge in [-0.25, -0.2) is 10.1 Å². The quantitative estimate of drug-likeness (QED) is 0.157. The van der Waals surface area contributed by atoms with E-state index in [2.05, 4.69) is 10.5 Å². The van der Waals surface area contributed by atoms with Crippen molar-refractivity contribution in [1.82, 2.24) is 15.2 Å². The second-order valence-electron chi connectivity index (χ2n) is 8.51. The van der Waals surface area contributed by atoms with E-state index in [1.165, 1.54) is 0 Å². The molecule has 0 aliphatic rings. The predicted molar refractivity (Wildman–Crippen MR) is 147 cm³/mol. The smallest absolute Gasteiger partial charge is 0.323 e. The average molecular weight is 503 g/mol. The van der Waals surface area contributed by atoms with Crippen molar-refractivity contribution in [3.8, 4) is 28.4 Å². The Morgan fingerprint density at radius 2 is 1.37 bits per heavy atom. The molecule has 7 heteroatoms. The van der Waals surface area contributed by atoms with Crippen LogP contribution in [-0.4, -0.2) is 28.2 Å². The first kappa shape index (κ1) is 24.5. The Bertz CT molecular complexity index is 1460. The summed E-state index contributed by atoms with van der Waals surface area (Å²) in [4.78, 5) is 13.1. The van der Waals surface area contributed by atoms with E-state index in [1.807, 2.05) is 104 Å². The first-order chi connectivity index (χ1) is 18.7. The van der Waals surface area contributed by atoms with Crippen LogP contribution in [-0.2, 0) is 4.79 Å². The van der Waals surface area contributed by atoms with E-state index in [1.54, 1.807) is 35.2 Å². The number of aromatic nitrogens is 2. The van der Waals surface area contributed by atoms with E-state index in [0.29, 0.717) is 11.5 Å². The van der Waals surface area contributed by atoms with E-state index in [4.69, 9.17) is 14.6 Å². The van der Waals surface area contributed by atoms with Crippen LogP contribution in [0.3, 0.4) is 0 Å². The molecule has 5 aromatic rings. The third-order valence-corrected chi connectivity index (χ3v) is 5.65. The highest BCUT2D eigenvalue weighted by Crippen LogP contribution is 2.23. The number of carbonyl (C=O) groups excluding carboxylic acids is 1. The Hall–Kier alpha value is -5.17. The SMILES string of the molecule is Cc1ccc(-c2nn(-c3ccccc3)cc2C=NNC(=O)C(Oc2ccccc2)Oc2ccccc2)cc1. The summed E-state index contributed by atoms with van der Waals surface area (Å²) in [6, 6.07) is 35.9. The molecule has 0 atom stereocenters. The fourth-order valence-corrected chi connectivity index (χ4v) is 3.73. The molecule has 4 aromatic carbocycles. The van der Waals surface area contributed by atoms with Gasteiger partial charge in [-0.15, -0.1) is 0 Å². The summed E-state index contributed by atoms with van der Waals surface area (Å²) in [7, 11) is 0. The number of nitrogens with one attached hydrogen (secondary N) is 1. The molecule has 0 bridgehead atoms. The van der Waals surface area contributed by atoms with Gasteiger partial charge in [0.15, 0.2) is 0 Å². The molecule has 0 fully saturated rings. The Morgan fingerprint density at radius 1 is 0.816 bits per heavy atom. The van der Waals surface area contributed by atoms with Gasteiger partial charge in [0, 0.05) is 17.3 Å². The summed E-state index contributed by atoms with van der Waals surface area (Å²) in [5, 5.41) is 9.01. The zero-order valence-electron chi connectivity index (χ0n) is 20.8. The summed E-state index contributed by atoms with van der Waals surface area (Å²) in [6.45, 7) is 2.04. The highest BCUT2D eigenvalue weighted by Gasteiger charge is 2.22. The first-order valence-corrected chi connectivity index (χ1v) is 12.1. The van der Waals surface area contributed by atoms with Crippen molar-refractivity contribution >= 4 is 12.1 Å². The number of aryl methyl sites for hydroxylation is 1. The number of benzene rings is 4. The summed E-state index contributed by atoms with van der Waals surface area (Å²) in [5.41, 5.74) is 7.04. The van der Waals surface area contributed by atoms with Gasteiger partial charge in [-0.3, -0.25) is 4.79 Å². The number of carbonyl (C=O) groups is 1. The Balaban J connectivity index is 1.38. The minimum Gasteiger partial charge on any atom is -0.446 e. The average Bonchev–Trinajstić information content (AvgIpc) is 3.39. The maximum atomic E-state index is 13.1. The lowest BCUT2D eigenvalue weighted by Crippen LogP contribution is -2.40. The number of ether oxygens (including phenoxy) is 2. The van der Waals surface area contributed by atoms with Crippen LogP contribution in [0.25, 0.3) is 16.9 Å². The number of nitrogens with zero attached hydrogens (tertiary/aromatic N) is 3. The van der Waals surface area contributed by atoms with E-state index >= 15 is 0 Å². The minimum atomic E-state index is -1.25. The molecular formula is C31H26N4O3. The largest absolute Gasteiger partial charge is 0.446 e. The van der Waals surface area contributed by atoms with Gasteiger partial charge < -0.3 is 9.47 Å². The van der Waals surface area contributed by atoms with E-state index in [-0.39, 0.29) is 0 Å². The summed E-state index contributed by atoms with van der Waals surface area (Å²) >= 11 is 0. The number of hydrogen-bond donors (Lipinski definition) is 1. The van der Waals surface area contributed by atoms with Crippen LogP contribution in [0.15, 0.2) is 127 Å². The van der Waals surface area contributed by atoms with Crippen LogP contribution in [0.5, 0.6) is 11.5 Å². The third kappa shape index (κ3) is 6.14. The molecule has 1 amide bonds. The monoisotopic (exact) mass is 502 g/mol. The molecule has 1 aromatic heterocycles. The molecule has 0 aliphatic carbocycles. The normalized spacial score (nSPS) is 11.0. The number of para-hydroxylation sites is 3. The molecule has 7 nitrogen and oxygen atoms in total. The van der Waals surface area contributed by atoms with E-state index < -0.39 is 12.2 Å². The second-order valence-corrected chi connectivity index (χ2v) is 8.51. The topological polar surface area (TPSA) is 77.7 Å². The molecule has 0 radical (unpaired) electrons. The second kappa shape index (κ2) is 11.7. The van der Waals surface area contributed by atoms with Crippen LogP contribution >= 0.6 is 0 Å². The van der Waals surface area contributed by atoms with Crippen molar-refractivity contribution in [2.24, 2.45) is 5.10 Å². The molecule has 0 aliphatic heterocycles. The molecule has 0 saturated carbocycles. The minimum absolute atomic E-state index is 0.498. The van der Waals surface area contributed by atoms with Crippen LogP contribution in [0.1, 0.15) is 11.1 Å². The van der Waals surface area contributed by atoms with Crippen molar-refractivity contribution in [1.29, 1.82) is 0 Å². The van der Waals surface area contributed by atoms with Gasteiger partial charge in [0.2, 0.25) is 0 Å². The van der Waals surface area contributed by atoms with Gasteiger partial charge in [0.05, 0.1) is 11.9 Å². The molecule has 0 spiro atoms. The molecule has 0 saturated heterocycles. The van der Waals surface area contributed by atoms with E-state index in [9.17, 15) is 4.79 Å². The Labute approximate surface area is 221 Å². The van der Waals surface area contributed by atoms with Crippen molar-refractivity contribution in [2.75, 3.05) is 0 Å². The molecule has 1 N–H and O–H groups in total. The van der Waals surface area contributed by atoms with Crippen LogP contribution < -0.4 is 14.9 Å². The van der Waals surface area contributed by atoms with Gasteiger partial charge in [-0.2, -0.15) is 10.2 Å². The van der Waals surface area contributed by atoms with E-state index in [0.717, 1.165) is 28.1 Å². The fourth-order valence-electron chi connectivity index (χ4n) is 3.73. The molecule has 38 heavy (non-hydrogen) atoms. The lowest BCUT2D eigenvalue weighted by Gasteiger charge is -2.18. The van der Waals surface area contributed by atoms with Crippen molar-refractivity contribution in [2.45, 2.75) is 13.2 Å². The number of amides is 1. The number of hydrazone groups is 1. The molecule has 5 rings (SSSR count). The van der Waals surface area contributed by atoms with Crippen LogP contribution in [0.2, 0.25) is 0 Å². The summed E-state index contributed by atoms with van der Waals surface area (Å²) < 4.78 is 13.4. The van der Waals surface area contributed by atoms with Crippen LogP contribution in [0.4, 0.5) is 0 Å². The molecule has 188 valence electrons. The zero-order chi connectivity index (χ0) is 26.2. The molecular weight excluding hydrogens is 476 g/mol. The number of rotatable bonds is 9. The predicted octanol–water partition coefficient (Wildman–Crippen LogP) is 5.78. The summed E-state index contributed by atoms with van der Waals surface area (Å²) in [6.07, 6.45) is 2.20. The number of hydrogen-bond acceptors (Lipinski definition) is 5. The lowest BCUT2D eigenvalue weighted by molar-refractivity contribution is -0.140.